The maximum Gasteiger partial charge on any atom is 0.272 e. The molecule has 0 aliphatic rings. The molecule has 1 heterocycles. The number of carbonyl (C=O) groups is 3. The minimum atomic E-state index is -0.532. The first-order valence-corrected chi connectivity index (χ1v) is 15.9. The average molecular weight is 655 g/mol. The highest BCUT2D eigenvalue weighted by Gasteiger charge is 2.16. The first-order valence-electron chi connectivity index (χ1n) is 13.6. The van der Waals surface area contributed by atoms with E-state index in [9.17, 15) is 14.4 Å². The van der Waals surface area contributed by atoms with Gasteiger partial charge < -0.3 is 20.7 Å². The molecule has 0 fully saturated rings. The Morgan fingerprint density at radius 2 is 1.67 bits per heavy atom. The summed E-state index contributed by atoms with van der Waals surface area (Å²) in [6.45, 7) is 0. The fourth-order valence-corrected chi connectivity index (χ4v) is 5.76. The molecule has 0 unspecified atom stereocenters. The Labute approximate surface area is 273 Å². The van der Waals surface area contributed by atoms with E-state index in [2.05, 4.69) is 20.9 Å². The van der Waals surface area contributed by atoms with Crippen molar-refractivity contribution >= 4 is 69.3 Å². The number of nitrogens with zero attached hydrogens (tertiary/aromatic N) is 1. The summed E-state index contributed by atoms with van der Waals surface area (Å²) < 4.78 is 5.20. The molecular weight excluding hydrogens is 628 g/mol. The number of hydrogen-bond acceptors (Lipinski definition) is 7. The Kier molecular flexibility index (Phi) is 10.7. The van der Waals surface area contributed by atoms with E-state index in [0.717, 1.165) is 21.9 Å². The average Bonchev–Trinajstić information content (AvgIpc) is 3.53. The molecule has 226 valence electrons. The Hall–Kier alpha value is -4.90. The monoisotopic (exact) mass is 654 g/mol. The van der Waals surface area contributed by atoms with Crippen LogP contribution in [0.1, 0.15) is 15.9 Å². The fraction of sp³-hybridized carbons (Fsp3) is 0.0588. The van der Waals surface area contributed by atoms with Gasteiger partial charge in [-0.1, -0.05) is 54.1 Å². The number of anilines is 2. The van der Waals surface area contributed by atoms with E-state index in [1.165, 1.54) is 29.2 Å². The number of thiazole rings is 1. The van der Waals surface area contributed by atoms with Gasteiger partial charge in [-0.15, -0.1) is 23.1 Å². The van der Waals surface area contributed by atoms with Gasteiger partial charge in [-0.3, -0.25) is 14.4 Å². The number of aromatic nitrogens is 1. The van der Waals surface area contributed by atoms with Crippen molar-refractivity contribution in [1.29, 1.82) is 0 Å². The Morgan fingerprint density at radius 1 is 0.911 bits per heavy atom. The van der Waals surface area contributed by atoms with Crippen LogP contribution in [0.4, 0.5) is 10.8 Å². The van der Waals surface area contributed by atoms with Crippen molar-refractivity contribution in [1.82, 2.24) is 10.3 Å². The molecule has 0 atom stereocenters. The van der Waals surface area contributed by atoms with Crippen molar-refractivity contribution < 1.29 is 19.1 Å². The van der Waals surface area contributed by atoms with Gasteiger partial charge in [0.15, 0.2) is 5.13 Å². The summed E-state index contributed by atoms with van der Waals surface area (Å²) in [5.74, 6) is -0.281. The van der Waals surface area contributed by atoms with Crippen LogP contribution in [0.5, 0.6) is 5.75 Å². The first kappa shape index (κ1) is 31.5. The summed E-state index contributed by atoms with van der Waals surface area (Å²) in [7, 11) is 1.61. The van der Waals surface area contributed by atoms with Gasteiger partial charge in [-0.25, -0.2) is 4.98 Å². The van der Waals surface area contributed by atoms with E-state index >= 15 is 0 Å². The maximum absolute atomic E-state index is 13.4. The van der Waals surface area contributed by atoms with Crippen LogP contribution in [0, 0.1) is 0 Å². The van der Waals surface area contributed by atoms with E-state index in [4.69, 9.17) is 16.3 Å². The standard InChI is InChI=1S/C34H27ClN4O4S2/c1-43-26-16-14-22(15-17-26)30-20-45-34(38-30)39-31(40)21-44-27-12-7-11-25(19-27)36-33(42)29(18-24-10-5-6-13-28(24)35)37-32(41)23-8-3-2-4-9-23/h2-20H,21H2,1H3,(H,36,42)(H,37,41)(H,38,39,40)/b29-18+. The van der Waals surface area contributed by atoms with Gasteiger partial charge in [-0.05, 0) is 72.3 Å². The van der Waals surface area contributed by atoms with Crippen LogP contribution >= 0.6 is 34.7 Å². The molecule has 8 nitrogen and oxygen atoms in total. The number of thioether (sulfide) groups is 1. The number of benzene rings is 4. The van der Waals surface area contributed by atoms with Crippen LogP contribution in [-0.4, -0.2) is 35.6 Å². The molecule has 0 saturated carbocycles. The lowest BCUT2D eigenvalue weighted by molar-refractivity contribution is -0.114. The van der Waals surface area contributed by atoms with E-state index in [1.807, 2.05) is 35.7 Å². The normalized spacial score (nSPS) is 11.0. The third-order valence-electron chi connectivity index (χ3n) is 6.33. The molecule has 3 amide bonds. The third kappa shape index (κ3) is 8.82. The van der Waals surface area contributed by atoms with Crippen LogP contribution < -0.4 is 20.7 Å². The number of hydrogen-bond donors (Lipinski definition) is 3. The van der Waals surface area contributed by atoms with Crippen LogP contribution in [0.25, 0.3) is 17.3 Å². The number of nitrogens with one attached hydrogen (secondary N) is 3. The molecule has 45 heavy (non-hydrogen) atoms. The van der Waals surface area contributed by atoms with E-state index in [-0.39, 0.29) is 17.4 Å². The third-order valence-corrected chi connectivity index (χ3v) is 8.43. The lowest BCUT2D eigenvalue weighted by atomic mass is 10.1. The van der Waals surface area contributed by atoms with Crippen molar-refractivity contribution in [2.75, 3.05) is 23.5 Å². The van der Waals surface area contributed by atoms with Crippen molar-refractivity contribution in [3.05, 3.63) is 130 Å². The fourth-order valence-electron chi connectivity index (χ4n) is 4.08. The summed E-state index contributed by atoms with van der Waals surface area (Å²) in [6, 6.07) is 30.3. The number of halogens is 1. The molecule has 4 aromatic carbocycles. The van der Waals surface area contributed by atoms with Gasteiger partial charge in [0.1, 0.15) is 11.4 Å². The lowest BCUT2D eigenvalue weighted by Crippen LogP contribution is -2.30. The number of amides is 3. The predicted molar refractivity (Wildman–Crippen MR) is 182 cm³/mol. The number of carbonyl (C=O) groups excluding carboxylic acids is 3. The van der Waals surface area contributed by atoms with Crippen LogP contribution in [-0.2, 0) is 9.59 Å². The minimum absolute atomic E-state index is 0.0202. The van der Waals surface area contributed by atoms with Crippen LogP contribution in [0.3, 0.4) is 0 Å². The van der Waals surface area contributed by atoms with Crippen LogP contribution in [0.2, 0.25) is 5.02 Å². The highest BCUT2D eigenvalue weighted by Crippen LogP contribution is 2.27. The second-order valence-electron chi connectivity index (χ2n) is 9.48. The molecule has 0 bridgehead atoms. The smallest absolute Gasteiger partial charge is 0.272 e. The second kappa shape index (κ2) is 15.2. The molecule has 0 aliphatic carbocycles. The Morgan fingerprint density at radius 3 is 2.42 bits per heavy atom. The van der Waals surface area contributed by atoms with Gasteiger partial charge >= 0.3 is 0 Å². The van der Waals surface area contributed by atoms with Crippen molar-refractivity contribution in [3.63, 3.8) is 0 Å². The van der Waals surface area contributed by atoms with Crippen molar-refractivity contribution in [2.45, 2.75) is 4.90 Å². The maximum atomic E-state index is 13.4. The van der Waals surface area contributed by atoms with Crippen molar-refractivity contribution in [2.24, 2.45) is 0 Å². The molecule has 1 aromatic heterocycles. The summed E-state index contributed by atoms with van der Waals surface area (Å²) >= 11 is 8.99. The van der Waals surface area contributed by atoms with E-state index in [0.29, 0.717) is 27.0 Å². The summed E-state index contributed by atoms with van der Waals surface area (Å²) in [5, 5.41) is 11.2. The number of rotatable bonds is 11. The Balaban J connectivity index is 1.22. The second-order valence-corrected chi connectivity index (χ2v) is 11.8. The molecule has 0 radical (unpaired) electrons. The molecule has 0 spiro atoms. The molecule has 5 rings (SSSR count). The predicted octanol–water partition coefficient (Wildman–Crippen LogP) is 7.61. The van der Waals surface area contributed by atoms with Gasteiger partial charge in [-0.2, -0.15) is 0 Å². The zero-order valence-corrected chi connectivity index (χ0v) is 26.3. The molecule has 5 aromatic rings. The quantitative estimate of drug-likeness (QED) is 0.0999. The largest absolute Gasteiger partial charge is 0.497 e. The molecule has 3 N–H and O–H groups in total. The topological polar surface area (TPSA) is 109 Å². The number of methoxy groups -OCH3 is 1. The number of ether oxygens (including phenoxy) is 1. The van der Waals surface area contributed by atoms with E-state index in [1.54, 1.807) is 79.9 Å². The van der Waals surface area contributed by atoms with Gasteiger partial charge in [0.25, 0.3) is 11.8 Å². The summed E-state index contributed by atoms with van der Waals surface area (Å²) in [6.07, 6.45) is 1.53. The van der Waals surface area contributed by atoms with Gasteiger partial charge in [0, 0.05) is 32.1 Å². The molecule has 0 aliphatic heterocycles. The molecule has 11 heteroatoms. The Bertz CT molecular complexity index is 1840. The summed E-state index contributed by atoms with van der Waals surface area (Å²) in [4.78, 5) is 44.3. The lowest BCUT2D eigenvalue weighted by Gasteiger charge is -2.12. The first-order chi connectivity index (χ1) is 21.9. The zero-order valence-electron chi connectivity index (χ0n) is 24.0. The SMILES string of the molecule is COc1ccc(-c2csc(NC(=O)CSc3cccc(NC(=O)/C(=C\c4ccccc4Cl)NC(=O)c4ccccc4)c3)n2)cc1. The molecular formula is C34H27ClN4O4S2. The highest BCUT2D eigenvalue weighted by atomic mass is 35.5. The zero-order chi connectivity index (χ0) is 31.6. The highest BCUT2D eigenvalue weighted by molar-refractivity contribution is 8.00. The van der Waals surface area contributed by atoms with Crippen molar-refractivity contribution in [3.8, 4) is 17.0 Å². The van der Waals surface area contributed by atoms with Gasteiger partial charge in [0.2, 0.25) is 5.91 Å². The van der Waals surface area contributed by atoms with E-state index < -0.39 is 11.8 Å². The molecule has 0 saturated heterocycles. The van der Waals surface area contributed by atoms with Gasteiger partial charge in [0.05, 0.1) is 18.6 Å². The van der Waals surface area contributed by atoms with Crippen LogP contribution in [0.15, 0.2) is 119 Å². The summed E-state index contributed by atoms with van der Waals surface area (Å²) in [5.41, 5.74) is 3.17. The minimum Gasteiger partial charge on any atom is -0.497 e.